The van der Waals surface area contributed by atoms with E-state index >= 15 is 0 Å². The van der Waals surface area contributed by atoms with E-state index < -0.39 is 6.10 Å². The lowest BCUT2D eigenvalue weighted by molar-refractivity contribution is 0.224. The molecule has 3 aromatic rings. The fourth-order valence-corrected chi connectivity index (χ4v) is 2.97. The average molecular weight is 277 g/mol. The summed E-state index contributed by atoms with van der Waals surface area (Å²) in [7, 11) is 0. The normalized spacial score (nSPS) is 12.8. The molecule has 2 aromatic heterocycles. The van der Waals surface area contributed by atoms with Crippen LogP contribution in [0.4, 0.5) is 0 Å². The molecular formula is C13H9ClN2OS. The third-order valence-electron chi connectivity index (χ3n) is 2.70. The Kier molecular flexibility index (Phi) is 2.99. The lowest BCUT2D eigenvalue weighted by Crippen LogP contribution is -1.98. The minimum atomic E-state index is -0.719. The van der Waals surface area contributed by atoms with Crippen molar-refractivity contribution in [2.75, 3.05) is 0 Å². The van der Waals surface area contributed by atoms with Crippen LogP contribution < -0.4 is 0 Å². The molecule has 3 rings (SSSR count). The molecule has 18 heavy (non-hydrogen) atoms. The fourth-order valence-electron chi connectivity index (χ4n) is 1.80. The topological polar surface area (TPSA) is 46.0 Å². The van der Waals surface area contributed by atoms with E-state index in [-0.39, 0.29) is 0 Å². The quantitative estimate of drug-likeness (QED) is 0.780. The van der Waals surface area contributed by atoms with E-state index in [9.17, 15) is 5.11 Å². The van der Waals surface area contributed by atoms with Gasteiger partial charge in [-0.25, -0.2) is 0 Å². The van der Waals surface area contributed by atoms with Gasteiger partial charge < -0.3 is 5.11 Å². The Bertz CT molecular complexity index is 698. The minimum Gasteiger partial charge on any atom is -0.383 e. The molecule has 0 aliphatic carbocycles. The second kappa shape index (κ2) is 4.65. The van der Waals surface area contributed by atoms with Gasteiger partial charge >= 0.3 is 0 Å². The minimum absolute atomic E-state index is 0.590. The predicted molar refractivity (Wildman–Crippen MR) is 72.9 cm³/mol. The third kappa shape index (κ3) is 1.99. The second-order valence-electron chi connectivity index (χ2n) is 3.84. The Morgan fingerprint density at radius 3 is 2.61 bits per heavy atom. The summed E-state index contributed by atoms with van der Waals surface area (Å²) in [6.07, 6.45) is 2.56. The van der Waals surface area contributed by atoms with Crippen molar-refractivity contribution in [3.63, 3.8) is 0 Å². The van der Waals surface area contributed by atoms with Crippen LogP contribution in [-0.2, 0) is 0 Å². The van der Waals surface area contributed by atoms with Gasteiger partial charge in [-0.15, -0.1) is 11.3 Å². The van der Waals surface area contributed by atoms with Crippen molar-refractivity contribution in [2.45, 2.75) is 6.10 Å². The highest BCUT2D eigenvalue weighted by Gasteiger charge is 2.15. The highest BCUT2D eigenvalue weighted by molar-refractivity contribution is 7.10. The van der Waals surface area contributed by atoms with Gasteiger partial charge in [0.15, 0.2) is 0 Å². The lowest BCUT2D eigenvalue weighted by atomic mass is 10.1. The fraction of sp³-hybridized carbons (Fsp3) is 0.0769. The maximum Gasteiger partial charge on any atom is 0.115 e. The predicted octanol–water partition coefficient (Wildman–Crippen LogP) is 3.43. The van der Waals surface area contributed by atoms with Crippen molar-refractivity contribution in [1.29, 1.82) is 0 Å². The molecule has 0 spiro atoms. The molecule has 0 saturated heterocycles. The zero-order chi connectivity index (χ0) is 12.5. The number of benzene rings is 1. The monoisotopic (exact) mass is 276 g/mol. The first-order chi connectivity index (χ1) is 8.75. The van der Waals surface area contributed by atoms with Gasteiger partial charge in [-0.2, -0.15) is 0 Å². The number of aliphatic hydroxyl groups is 1. The van der Waals surface area contributed by atoms with Crippen LogP contribution in [0.5, 0.6) is 0 Å². The molecule has 2 heterocycles. The van der Waals surface area contributed by atoms with E-state index in [0.717, 1.165) is 21.5 Å². The van der Waals surface area contributed by atoms with E-state index in [1.54, 1.807) is 18.5 Å². The summed E-state index contributed by atoms with van der Waals surface area (Å²) in [6.45, 7) is 0. The number of aliphatic hydroxyl groups excluding tert-OH is 1. The first-order valence-corrected chi connectivity index (χ1v) is 6.63. The molecular weight excluding hydrogens is 268 g/mol. The largest absolute Gasteiger partial charge is 0.383 e. The SMILES string of the molecule is OC(c1ccc2nccnc2c1)c1sccc1Cl. The Morgan fingerprint density at radius 1 is 1.11 bits per heavy atom. The van der Waals surface area contributed by atoms with E-state index in [4.69, 9.17) is 11.6 Å². The summed E-state index contributed by atoms with van der Waals surface area (Å²) in [5, 5.41) is 12.8. The number of nitrogens with zero attached hydrogens (tertiary/aromatic N) is 2. The molecule has 1 unspecified atom stereocenters. The van der Waals surface area contributed by atoms with E-state index in [1.807, 2.05) is 23.6 Å². The van der Waals surface area contributed by atoms with Gasteiger partial charge in [0, 0.05) is 12.4 Å². The number of thiophene rings is 1. The number of fused-ring (bicyclic) bond motifs is 1. The van der Waals surface area contributed by atoms with Gasteiger partial charge in [0.05, 0.1) is 20.9 Å². The van der Waals surface area contributed by atoms with Gasteiger partial charge in [-0.3, -0.25) is 9.97 Å². The molecule has 1 N–H and O–H groups in total. The van der Waals surface area contributed by atoms with Gasteiger partial charge in [-0.05, 0) is 29.1 Å². The van der Waals surface area contributed by atoms with Gasteiger partial charge in [-0.1, -0.05) is 17.7 Å². The highest BCUT2D eigenvalue weighted by Crippen LogP contribution is 2.33. The summed E-state index contributed by atoms with van der Waals surface area (Å²) in [5.41, 5.74) is 2.35. The first-order valence-electron chi connectivity index (χ1n) is 5.37. The standard InChI is InChI=1S/C13H9ClN2OS/c14-9-3-6-18-13(9)12(17)8-1-2-10-11(7-8)16-5-4-15-10/h1-7,12,17H. The van der Waals surface area contributed by atoms with Gasteiger partial charge in [0.25, 0.3) is 0 Å². The summed E-state index contributed by atoms with van der Waals surface area (Å²) in [5.74, 6) is 0. The number of hydrogen-bond donors (Lipinski definition) is 1. The Balaban J connectivity index is 2.07. The number of aromatic nitrogens is 2. The third-order valence-corrected chi connectivity index (χ3v) is 4.11. The lowest BCUT2D eigenvalue weighted by Gasteiger charge is -2.10. The molecule has 0 bridgehead atoms. The number of hydrogen-bond acceptors (Lipinski definition) is 4. The van der Waals surface area contributed by atoms with Crippen molar-refractivity contribution in [3.05, 3.63) is 57.5 Å². The van der Waals surface area contributed by atoms with Crippen LogP contribution in [0.2, 0.25) is 5.02 Å². The molecule has 0 radical (unpaired) electrons. The van der Waals surface area contributed by atoms with Crippen molar-refractivity contribution >= 4 is 34.0 Å². The maximum absolute atomic E-state index is 10.3. The maximum atomic E-state index is 10.3. The molecule has 0 amide bonds. The summed E-state index contributed by atoms with van der Waals surface area (Å²) in [4.78, 5) is 9.17. The van der Waals surface area contributed by atoms with Crippen LogP contribution in [0.1, 0.15) is 16.5 Å². The zero-order valence-electron chi connectivity index (χ0n) is 9.25. The van der Waals surface area contributed by atoms with Crippen LogP contribution in [0, 0.1) is 0 Å². The molecule has 1 atom stereocenters. The molecule has 90 valence electrons. The molecule has 0 fully saturated rings. The van der Waals surface area contributed by atoms with Crippen LogP contribution in [0.15, 0.2) is 42.0 Å². The van der Waals surface area contributed by atoms with Crippen molar-refractivity contribution in [3.8, 4) is 0 Å². The first kappa shape index (κ1) is 11.6. The molecule has 1 aromatic carbocycles. The smallest absolute Gasteiger partial charge is 0.115 e. The van der Waals surface area contributed by atoms with Gasteiger partial charge in [0.1, 0.15) is 6.10 Å². The van der Waals surface area contributed by atoms with E-state index in [0.29, 0.717) is 5.02 Å². The Hall–Kier alpha value is -1.49. The van der Waals surface area contributed by atoms with Crippen molar-refractivity contribution in [2.24, 2.45) is 0 Å². The van der Waals surface area contributed by atoms with Crippen molar-refractivity contribution < 1.29 is 5.11 Å². The molecule has 0 saturated carbocycles. The highest BCUT2D eigenvalue weighted by atomic mass is 35.5. The molecule has 5 heteroatoms. The van der Waals surface area contributed by atoms with Crippen molar-refractivity contribution in [1.82, 2.24) is 9.97 Å². The summed E-state index contributed by atoms with van der Waals surface area (Å²) in [6, 6.07) is 7.31. The van der Waals surface area contributed by atoms with Crippen LogP contribution in [-0.4, -0.2) is 15.1 Å². The summed E-state index contributed by atoms with van der Waals surface area (Å²) >= 11 is 7.47. The Labute approximate surface area is 113 Å². The van der Waals surface area contributed by atoms with E-state index in [1.165, 1.54) is 11.3 Å². The number of halogens is 1. The second-order valence-corrected chi connectivity index (χ2v) is 5.19. The Morgan fingerprint density at radius 2 is 1.89 bits per heavy atom. The van der Waals surface area contributed by atoms with Crippen LogP contribution >= 0.6 is 22.9 Å². The summed E-state index contributed by atoms with van der Waals surface area (Å²) < 4.78 is 0. The van der Waals surface area contributed by atoms with E-state index in [2.05, 4.69) is 9.97 Å². The molecule has 0 aliphatic heterocycles. The molecule has 3 nitrogen and oxygen atoms in total. The van der Waals surface area contributed by atoms with Gasteiger partial charge in [0.2, 0.25) is 0 Å². The van der Waals surface area contributed by atoms with Crippen LogP contribution in [0.25, 0.3) is 11.0 Å². The zero-order valence-corrected chi connectivity index (χ0v) is 10.8. The molecule has 0 aliphatic rings. The average Bonchev–Trinajstić information content (AvgIpc) is 2.83. The number of rotatable bonds is 2. The van der Waals surface area contributed by atoms with Crippen LogP contribution in [0.3, 0.4) is 0 Å².